The number of aryl methyl sites for hydroxylation is 1. The van der Waals surface area contributed by atoms with Gasteiger partial charge in [-0.2, -0.15) is 0 Å². The summed E-state index contributed by atoms with van der Waals surface area (Å²) in [6.45, 7) is 6.00. The zero-order valence-electron chi connectivity index (χ0n) is 19.2. The smallest absolute Gasteiger partial charge is 0.206 e. The molecule has 0 aromatic heterocycles. The van der Waals surface area contributed by atoms with Crippen molar-refractivity contribution in [2.75, 3.05) is 0 Å². The van der Waals surface area contributed by atoms with Gasteiger partial charge in [0.25, 0.3) is 6.43 Å². The van der Waals surface area contributed by atoms with Crippen LogP contribution in [0.1, 0.15) is 68.1 Å². The van der Waals surface area contributed by atoms with Crippen LogP contribution in [0.4, 0.5) is 13.2 Å². The predicted octanol–water partition coefficient (Wildman–Crippen LogP) is 9.51. The molecule has 1 aliphatic rings. The molecule has 0 spiro atoms. The quantitative estimate of drug-likeness (QED) is 0.316. The summed E-state index contributed by atoms with van der Waals surface area (Å²) in [5.41, 5.74) is 3.57. The number of benzene rings is 3. The van der Waals surface area contributed by atoms with Crippen LogP contribution >= 0.6 is 0 Å². The Hall–Kier alpha value is -2.81. The first-order valence-corrected chi connectivity index (χ1v) is 11.9. The van der Waals surface area contributed by atoms with Crippen molar-refractivity contribution in [3.05, 3.63) is 95.8 Å². The van der Waals surface area contributed by atoms with Crippen molar-refractivity contribution in [3.8, 4) is 22.3 Å². The third-order valence-electron chi connectivity index (χ3n) is 7.00. The first-order chi connectivity index (χ1) is 16.0. The summed E-state index contributed by atoms with van der Waals surface area (Å²) in [5, 5.41) is 0. The summed E-state index contributed by atoms with van der Waals surface area (Å²) in [5.74, 6) is 0.262. The second-order valence-corrected chi connectivity index (χ2v) is 9.11. The van der Waals surface area contributed by atoms with E-state index >= 15 is 4.39 Å². The Morgan fingerprint density at radius 3 is 2.00 bits per heavy atom. The van der Waals surface area contributed by atoms with Crippen molar-refractivity contribution >= 4 is 0 Å². The minimum absolute atomic E-state index is 0.221. The highest BCUT2D eigenvalue weighted by Crippen LogP contribution is 2.40. The van der Waals surface area contributed by atoms with Crippen molar-refractivity contribution in [2.24, 2.45) is 5.92 Å². The van der Waals surface area contributed by atoms with Crippen LogP contribution in [-0.2, 0) is 6.42 Å². The summed E-state index contributed by atoms with van der Waals surface area (Å²) < 4.78 is 43.4. The summed E-state index contributed by atoms with van der Waals surface area (Å²) in [4.78, 5) is 0. The molecule has 1 fully saturated rings. The Labute approximate surface area is 195 Å². The van der Waals surface area contributed by atoms with Gasteiger partial charge in [0.1, 0.15) is 5.82 Å². The summed E-state index contributed by atoms with van der Waals surface area (Å²) in [7, 11) is 0. The maximum Gasteiger partial charge on any atom is 0.267 e. The van der Waals surface area contributed by atoms with Crippen molar-refractivity contribution in [1.29, 1.82) is 0 Å². The largest absolute Gasteiger partial charge is 0.267 e. The average Bonchev–Trinajstić information content (AvgIpc) is 2.84. The van der Waals surface area contributed by atoms with Crippen LogP contribution in [-0.4, -0.2) is 0 Å². The fourth-order valence-electron chi connectivity index (χ4n) is 5.04. The van der Waals surface area contributed by atoms with Gasteiger partial charge >= 0.3 is 0 Å². The molecular formula is C30H31F3. The van der Waals surface area contributed by atoms with Gasteiger partial charge in [-0.05, 0) is 71.8 Å². The van der Waals surface area contributed by atoms with E-state index in [0.717, 1.165) is 44.1 Å². The predicted molar refractivity (Wildman–Crippen MR) is 131 cm³/mol. The van der Waals surface area contributed by atoms with Crippen LogP contribution in [0.25, 0.3) is 22.3 Å². The second-order valence-electron chi connectivity index (χ2n) is 9.11. The number of hydrogen-bond donors (Lipinski definition) is 0. The maximum absolute atomic E-state index is 15.4. The van der Waals surface area contributed by atoms with E-state index in [2.05, 4.69) is 13.5 Å². The lowest BCUT2D eigenvalue weighted by Gasteiger charge is -2.27. The number of allylic oxidation sites excluding steroid dienone is 1. The van der Waals surface area contributed by atoms with Crippen LogP contribution in [0.2, 0.25) is 0 Å². The molecule has 0 amide bonds. The Kier molecular flexibility index (Phi) is 7.37. The van der Waals surface area contributed by atoms with E-state index in [-0.39, 0.29) is 11.1 Å². The van der Waals surface area contributed by atoms with Crippen LogP contribution < -0.4 is 0 Å². The van der Waals surface area contributed by atoms with E-state index in [4.69, 9.17) is 0 Å². The van der Waals surface area contributed by atoms with E-state index in [1.54, 1.807) is 24.3 Å². The van der Waals surface area contributed by atoms with Gasteiger partial charge in [0, 0.05) is 5.56 Å². The van der Waals surface area contributed by atoms with Gasteiger partial charge in [-0.25, -0.2) is 13.2 Å². The molecule has 1 aliphatic carbocycles. The molecule has 0 N–H and O–H groups in total. The third-order valence-corrected chi connectivity index (χ3v) is 7.00. The third kappa shape index (κ3) is 5.08. The normalized spacial score (nSPS) is 18.5. The lowest BCUT2D eigenvalue weighted by Crippen LogP contribution is -2.11. The van der Waals surface area contributed by atoms with Crippen LogP contribution in [0.3, 0.4) is 0 Å². The fourth-order valence-corrected chi connectivity index (χ4v) is 5.04. The molecule has 0 saturated heterocycles. The molecule has 0 radical (unpaired) electrons. The second kappa shape index (κ2) is 10.4. The Morgan fingerprint density at radius 2 is 1.42 bits per heavy atom. The molecule has 0 aliphatic heterocycles. The molecule has 0 heterocycles. The Bertz CT molecular complexity index is 1070. The zero-order chi connectivity index (χ0) is 23.4. The molecule has 172 valence electrons. The molecule has 3 aromatic carbocycles. The van der Waals surface area contributed by atoms with Crippen molar-refractivity contribution in [3.63, 3.8) is 0 Å². The highest BCUT2D eigenvalue weighted by atomic mass is 19.3. The van der Waals surface area contributed by atoms with Gasteiger partial charge in [0.15, 0.2) is 0 Å². The molecule has 1 saturated carbocycles. The number of rotatable bonds is 7. The van der Waals surface area contributed by atoms with E-state index in [0.29, 0.717) is 23.0 Å². The van der Waals surface area contributed by atoms with Crippen LogP contribution in [0.15, 0.2) is 73.3 Å². The van der Waals surface area contributed by atoms with Gasteiger partial charge in [0.2, 0.25) is 0 Å². The monoisotopic (exact) mass is 448 g/mol. The fraction of sp³-hybridized carbons (Fsp3) is 0.333. The molecular weight excluding hydrogens is 417 g/mol. The van der Waals surface area contributed by atoms with E-state index in [9.17, 15) is 8.78 Å². The molecule has 33 heavy (non-hydrogen) atoms. The lowest BCUT2D eigenvalue weighted by atomic mass is 9.78. The molecule has 0 nitrogen and oxygen atoms in total. The SMILES string of the molecule is C=CC1CCC(c2ccc(-c3ccc(-c4ccc(CCC)cc4)c(C(F)F)c3F)cc2)CC1. The highest BCUT2D eigenvalue weighted by molar-refractivity contribution is 5.75. The molecule has 4 rings (SSSR count). The first kappa shape index (κ1) is 23.4. The van der Waals surface area contributed by atoms with Crippen LogP contribution in [0, 0.1) is 11.7 Å². The average molecular weight is 449 g/mol. The first-order valence-electron chi connectivity index (χ1n) is 11.9. The van der Waals surface area contributed by atoms with Gasteiger partial charge < -0.3 is 0 Å². The maximum atomic E-state index is 15.4. The Balaban J connectivity index is 1.62. The summed E-state index contributed by atoms with van der Waals surface area (Å²) >= 11 is 0. The van der Waals surface area contributed by atoms with E-state index in [1.807, 2.05) is 42.5 Å². The number of alkyl halides is 2. The van der Waals surface area contributed by atoms with Crippen molar-refractivity contribution in [2.45, 2.75) is 57.8 Å². The Morgan fingerprint density at radius 1 is 0.848 bits per heavy atom. The highest BCUT2D eigenvalue weighted by Gasteiger charge is 2.24. The zero-order valence-corrected chi connectivity index (χ0v) is 19.2. The van der Waals surface area contributed by atoms with Gasteiger partial charge in [-0.3, -0.25) is 0 Å². The van der Waals surface area contributed by atoms with Gasteiger partial charge in [-0.1, -0.05) is 80.1 Å². The lowest BCUT2D eigenvalue weighted by molar-refractivity contribution is 0.147. The molecule has 3 heteroatoms. The van der Waals surface area contributed by atoms with Gasteiger partial charge in [-0.15, -0.1) is 6.58 Å². The summed E-state index contributed by atoms with van der Waals surface area (Å²) in [6, 6.07) is 18.5. The number of hydrogen-bond acceptors (Lipinski definition) is 0. The molecule has 0 atom stereocenters. The molecule has 0 bridgehead atoms. The molecule has 3 aromatic rings. The van der Waals surface area contributed by atoms with Crippen molar-refractivity contribution < 1.29 is 13.2 Å². The minimum atomic E-state index is -2.89. The summed E-state index contributed by atoms with van der Waals surface area (Å²) in [6.07, 6.45) is 5.62. The van der Waals surface area contributed by atoms with Crippen LogP contribution in [0.5, 0.6) is 0 Å². The van der Waals surface area contributed by atoms with Crippen molar-refractivity contribution in [1.82, 2.24) is 0 Å². The molecule has 0 unspecified atom stereocenters. The topological polar surface area (TPSA) is 0 Å². The van der Waals surface area contributed by atoms with Gasteiger partial charge in [0.05, 0.1) is 5.56 Å². The number of halogens is 3. The minimum Gasteiger partial charge on any atom is -0.206 e. The van der Waals surface area contributed by atoms with E-state index in [1.165, 1.54) is 5.56 Å². The standard InChI is InChI=1S/C30H31F3/c1-3-5-21-8-12-24(13-9-21)26-18-19-27(29(31)28(26)30(32)33)25-16-14-23(15-17-25)22-10-6-20(4-2)7-11-22/h4,8-9,12-20,22,30H,2-3,5-7,10-11H2,1H3. The van der Waals surface area contributed by atoms with E-state index < -0.39 is 17.8 Å².